The molecule has 5 nitrogen and oxygen atoms in total. The molecule has 1 saturated heterocycles. The lowest BCUT2D eigenvalue weighted by Gasteiger charge is -2.24. The minimum atomic E-state index is -1.18. The number of rotatable bonds is 0. The summed E-state index contributed by atoms with van der Waals surface area (Å²) in [6.07, 6.45) is 2.88. The van der Waals surface area contributed by atoms with E-state index < -0.39 is 11.8 Å². The predicted octanol–water partition coefficient (Wildman–Crippen LogP) is 0.292. The lowest BCUT2D eigenvalue weighted by atomic mass is 10.1. The summed E-state index contributed by atoms with van der Waals surface area (Å²) < 4.78 is 0. The zero-order chi connectivity index (χ0) is 8.97. The predicted molar refractivity (Wildman–Crippen MR) is 41.2 cm³/mol. The van der Waals surface area contributed by atoms with Crippen molar-refractivity contribution in [1.29, 1.82) is 0 Å². The molecule has 12 heavy (non-hydrogen) atoms. The van der Waals surface area contributed by atoms with Crippen molar-refractivity contribution in [2.24, 2.45) is 5.18 Å². The van der Waals surface area contributed by atoms with Crippen LogP contribution in [0.4, 0.5) is 0 Å². The molecule has 5 heteroatoms. The molecule has 1 fully saturated rings. The van der Waals surface area contributed by atoms with E-state index >= 15 is 0 Å². The highest BCUT2D eigenvalue weighted by atomic mass is 16.3. The molecule has 66 valence electrons. The van der Waals surface area contributed by atoms with E-state index in [4.69, 9.17) is 0 Å². The van der Waals surface area contributed by atoms with Gasteiger partial charge in [0.1, 0.15) is 0 Å². The Morgan fingerprint density at radius 2 is 1.67 bits per heavy atom. The van der Waals surface area contributed by atoms with Crippen LogP contribution in [0.3, 0.4) is 0 Å². The van der Waals surface area contributed by atoms with Gasteiger partial charge in [0.15, 0.2) is 0 Å². The van der Waals surface area contributed by atoms with Crippen LogP contribution in [0.15, 0.2) is 5.18 Å². The summed E-state index contributed by atoms with van der Waals surface area (Å²) in [6.45, 7) is 1.14. The maximum absolute atomic E-state index is 11.0. The van der Waals surface area contributed by atoms with Gasteiger partial charge in [0.05, 0.1) is 0 Å². The van der Waals surface area contributed by atoms with Crippen LogP contribution in [0.5, 0.6) is 0 Å². The second-order valence-electron chi connectivity index (χ2n) is 2.75. The van der Waals surface area contributed by atoms with Gasteiger partial charge in [-0.15, -0.1) is 4.91 Å². The van der Waals surface area contributed by atoms with E-state index in [0.29, 0.717) is 13.1 Å². The minimum Gasteiger partial charge on any atom is -0.334 e. The third-order valence-corrected chi connectivity index (χ3v) is 1.91. The summed E-state index contributed by atoms with van der Waals surface area (Å²) in [7, 11) is 0. The summed E-state index contributed by atoms with van der Waals surface area (Å²) >= 11 is 0. The SMILES string of the molecule is O=NC(=O)C(=O)N1CCCCC1. The molecule has 0 aromatic heterocycles. The van der Waals surface area contributed by atoms with Crippen molar-refractivity contribution < 1.29 is 9.59 Å². The highest BCUT2D eigenvalue weighted by Crippen LogP contribution is 2.08. The van der Waals surface area contributed by atoms with Gasteiger partial charge in [-0.05, 0) is 19.3 Å². The lowest BCUT2D eigenvalue weighted by Crippen LogP contribution is -2.39. The number of amides is 2. The maximum atomic E-state index is 11.0. The largest absolute Gasteiger partial charge is 0.373 e. The van der Waals surface area contributed by atoms with Crippen LogP contribution in [0.1, 0.15) is 19.3 Å². The summed E-state index contributed by atoms with van der Waals surface area (Å²) in [5, 5.41) is 2.08. The normalized spacial score (nSPS) is 17.2. The molecule has 0 radical (unpaired) electrons. The number of hydrogen-bond acceptors (Lipinski definition) is 3. The smallest absolute Gasteiger partial charge is 0.334 e. The molecule has 1 rings (SSSR count). The van der Waals surface area contributed by atoms with E-state index in [1.807, 2.05) is 0 Å². The second kappa shape index (κ2) is 3.94. The fourth-order valence-electron chi connectivity index (χ4n) is 1.27. The maximum Gasteiger partial charge on any atom is 0.373 e. The van der Waals surface area contributed by atoms with Crippen molar-refractivity contribution in [3.8, 4) is 0 Å². The first-order valence-electron chi connectivity index (χ1n) is 3.92. The van der Waals surface area contributed by atoms with Crippen molar-refractivity contribution in [3.05, 3.63) is 4.91 Å². The van der Waals surface area contributed by atoms with Gasteiger partial charge in [-0.2, -0.15) is 0 Å². The van der Waals surface area contributed by atoms with E-state index in [1.54, 1.807) is 0 Å². The van der Waals surface area contributed by atoms with Crippen LogP contribution >= 0.6 is 0 Å². The van der Waals surface area contributed by atoms with E-state index in [-0.39, 0.29) is 0 Å². The first-order chi connectivity index (χ1) is 5.75. The van der Waals surface area contributed by atoms with Gasteiger partial charge in [-0.1, -0.05) is 0 Å². The number of nitroso groups, excluding NO2 is 1. The first-order valence-corrected chi connectivity index (χ1v) is 3.92. The summed E-state index contributed by atoms with van der Waals surface area (Å²) in [4.78, 5) is 32.7. The molecule has 1 heterocycles. The third-order valence-electron chi connectivity index (χ3n) is 1.91. The van der Waals surface area contributed by atoms with Crippen molar-refractivity contribution in [2.45, 2.75) is 19.3 Å². The van der Waals surface area contributed by atoms with Gasteiger partial charge in [0.2, 0.25) is 0 Å². The molecule has 0 unspecified atom stereocenters. The van der Waals surface area contributed by atoms with E-state index in [1.165, 1.54) is 4.90 Å². The van der Waals surface area contributed by atoms with Gasteiger partial charge in [0, 0.05) is 18.3 Å². The van der Waals surface area contributed by atoms with Crippen LogP contribution in [0.2, 0.25) is 0 Å². The lowest BCUT2D eigenvalue weighted by molar-refractivity contribution is -0.144. The average Bonchev–Trinajstić information content (AvgIpc) is 2.17. The van der Waals surface area contributed by atoms with Gasteiger partial charge in [-0.3, -0.25) is 9.59 Å². The fraction of sp³-hybridized carbons (Fsp3) is 0.714. The van der Waals surface area contributed by atoms with E-state index in [9.17, 15) is 14.5 Å². The molecular weight excluding hydrogens is 160 g/mol. The highest BCUT2D eigenvalue weighted by molar-refractivity contribution is 6.35. The molecule has 0 aromatic rings. The quantitative estimate of drug-likeness (QED) is 0.387. The monoisotopic (exact) mass is 170 g/mol. The van der Waals surface area contributed by atoms with Crippen LogP contribution in [-0.4, -0.2) is 29.8 Å². The zero-order valence-corrected chi connectivity index (χ0v) is 6.65. The molecule has 0 aliphatic carbocycles. The van der Waals surface area contributed by atoms with E-state index in [0.717, 1.165) is 19.3 Å². The number of piperidine rings is 1. The third kappa shape index (κ3) is 1.87. The topological polar surface area (TPSA) is 66.8 Å². The Bertz CT molecular complexity index is 209. The van der Waals surface area contributed by atoms with Crippen LogP contribution in [0, 0.1) is 4.91 Å². The van der Waals surface area contributed by atoms with Crippen molar-refractivity contribution >= 4 is 11.8 Å². The molecular formula is C7H10N2O3. The number of carbonyl (C=O) groups excluding carboxylic acids is 2. The van der Waals surface area contributed by atoms with Gasteiger partial charge >= 0.3 is 11.8 Å². The second-order valence-corrected chi connectivity index (χ2v) is 2.75. The Morgan fingerprint density at radius 3 is 2.17 bits per heavy atom. The molecule has 0 bridgehead atoms. The summed E-state index contributed by atoms with van der Waals surface area (Å²) in [5.41, 5.74) is 0. The zero-order valence-electron chi connectivity index (χ0n) is 6.65. The number of carbonyl (C=O) groups is 2. The molecule has 2 amide bonds. The fourth-order valence-corrected chi connectivity index (χ4v) is 1.27. The summed E-state index contributed by atoms with van der Waals surface area (Å²) in [5.74, 6) is -1.94. The highest BCUT2D eigenvalue weighted by Gasteiger charge is 2.23. The Hall–Kier alpha value is -1.26. The number of nitrogens with zero attached hydrogens (tertiary/aromatic N) is 2. The van der Waals surface area contributed by atoms with E-state index in [2.05, 4.69) is 5.18 Å². The van der Waals surface area contributed by atoms with Crippen molar-refractivity contribution in [3.63, 3.8) is 0 Å². The molecule has 0 saturated carbocycles. The Kier molecular flexibility index (Phi) is 2.90. The van der Waals surface area contributed by atoms with Crippen LogP contribution in [0.25, 0.3) is 0 Å². The number of likely N-dealkylation sites (tertiary alicyclic amines) is 1. The Labute approximate surface area is 69.7 Å². The van der Waals surface area contributed by atoms with Crippen molar-refractivity contribution in [2.75, 3.05) is 13.1 Å². The van der Waals surface area contributed by atoms with Crippen LogP contribution < -0.4 is 0 Å². The molecule has 0 N–H and O–H groups in total. The molecule has 0 atom stereocenters. The summed E-state index contributed by atoms with van der Waals surface area (Å²) in [6, 6.07) is 0. The molecule has 0 aromatic carbocycles. The van der Waals surface area contributed by atoms with Gasteiger partial charge < -0.3 is 4.90 Å². The molecule has 1 aliphatic heterocycles. The molecule has 0 spiro atoms. The first kappa shape index (κ1) is 8.83. The number of hydrogen-bond donors (Lipinski definition) is 0. The Balaban J connectivity index is 2.50. The average molecular weight is 170 g/mol. The van der Waals surface area contributed by atoms with Gasteiger partial charge in [-0.25, -0.2) is 0 Å². The minimum absolute atomic E-state index is 0.570. The Morgan fingerprint density at radius 1 is 1.08 bits per heavy atom. The standard InChI is InChI=1S/C7H10N2O3/c10-6(8-12)7(11)9-4-2-1-3-5-9/h1-5H2. The van der Waals surface area contributed by atoms with Crippen molar-refractivity contribution in [1.82, 2.24) is 4.90 Å². The molecule has 1 aliphatic rings. The van der Waals surface area contributed by atoms with Gasteiger partial charge in [0.25, 0.3) is 0 Å². The van der Waals surface area contributed by atoms with Crippen LogP contribution in [-0.2, 0) is 9.59 Å².